The first kappa shape index (κ1) is 9.87. The number of rotatable bonds is 3. The van der Waals surface area contributed by atoms with E-state index < -0.39 is 8.07 Å². The van der Waals surface area contributed by atoms with Gasteiger partial charge in [0.25, 0.3) is 0 Å². The van der Waals surface area contributed by atoms with E-state index in [9.17, 15) is 0 Å². The maximum Gasteiger partial charge on any atom is 0.0552 e. The van der Waals surface area contributed by atoms with Crippen LogP contribution in [0.4, 0.5) is 0 Å². The summed E-state index contributed by atoms with van der Waals surface area (Å²) in [5.74, 6) is 0. The summed E-state index contributed by atoms with van der Waals surface area (Å²) < 4.78 is 0. The molecule has 1 aromatic carbocycles. The number of benzene rings is 1. The summed E-state index contributed by atoms with van der Waals surface area (Å²) in [6.07, 6.45) is 0. The first-order chi connectivity index (χ1) is 5.58. The Morgan fingerprint density at radius 3 is 2.17 bits per heavy atom. The average molecular weight is 197 g/mol. The summed E-state index contributed by atoms with van der Waals surface area (Å²) in [4.78, 5) is 1.40. The average Bonchev–Trinajstić information content (AvgIpc) is 2.02. The highest BCUT2D eigenvalue weighted by Gasteiger charge is 2.12. The third-order valence-corrected chi connectivity index (χ3v) is 6.06. The van der Waals surface area contributed by atoms with Gasteiger partial charge < -0.3 is 0 Å². The van der Waals surface area contributed by atoms with Crippen molar-refractivity contribution < 1.29 is 0 Å². The van der Waals surface area contributed by atoms with Crippen LogP contribution in [0.3, 0.4) is 0 Å². The van der Waals surface area contributed by atoms with Crippen molar-refractivity contribution in [2.45, 2.75) is 24.5 Å². The van der Waals surface area contributed by atoms with Crippen LogP contribution in [-0.2, 0) is 0 Å². The van der Waals surface area contributed by atoms with E-state index in [2.05, 4.69) is 50.0 Å². The van der Waals surface area contributed by atoms with E-state index >= 15 is 0 Å². The minimum Gasteiger partial charge on any atom is -0.129 e. The second-order valence-corrected chi connectivity index (χ2v) is 11.2. The van der Waals surface area contributed by atoms with Gasteiger partial charge in [0, 0.05) is 4.90 Å². The molecule has 0 radical (unpaired) electrons. The number of hydrogen-bond acceptors (Lipinski definition) is 1. The second kappa shape index (κ2) is 4.15. The van der Waals surface area contributed by atoms with Crippen molar-refractivity contribution in [2.24, 2.45) is 0 Å². The summed E-state index contributed by atoms with van der Waals surface area (Å²) in [5.41, 5.74) is 0. The van der Waals surface area contributed by atoms with Crippen molar-refractivity contribution in [1.29, 1.82) is 0 Å². The van der Waals surface area contributed by atoms with Crippen LogP contribution in [0.5, 0.6) is 0 Å². The van der Waals surface area contributed by atoms with Crippen molar-refractivity contribution in [3.05, 3.63) is 30.3 Å². The minimum atomic E-state index is -0.877. The fourth-order valence-corrected chi connectivity index (χ4v) is 3.56. The van der Waals surface area contributed by atoms with Gasteiger partial charge in [0.1, 0.15) is 0 Å². The third kappa shape index (κ3) is 3.98. The normalized spacial score (nSPS) is 11.6. The van der Waals surface area contributed by atoms with Gasteiger partial charge in [-0.1, -0.05) is 37.8 Å². The lowest BCUT2D eigenvalue weighted by atomic mass is 10.4. The Kier molecular flexibility index (Phi) is 3.41. The van der Waals surface area contributed by atoms with Crippen LogP contribution in [0, 0.1) is 0 Å². The predicted molar refractivity (Wildman–Crippen MR) is 60.5 cm³/mol. The third-order valence-electron chi connectivity index (χ3n) is 1.42. The Balaban J connectivity index is 2.44. The zero-order chi connectivity index (χ0) is 9.03. The van der Waals surface area contributed by atoms with Crippen LogP contribution in [0.25, 0.3) is 0 Å². The summed E-state index contributed by atoms with van der Waals surface area (Å²) in [6.45, 7) is 7.22. The van der Waals surface area contributed by atoms with Gasteiger partial charge in [-0.05, 0) is 17.5 Å². The number of hydrogen-bond donors (Lipinski definition) is 0. The van der Waals surface area contributed by atoms with Crippen LogP contribution in [-0.4, -0.2) is 13.5 Å². The highest BCUT2D eigenvalue weighted by atomic mass is 32.2. The van der Waals surface area contributed by atoms with Gasteiger partial charge in [-0.15, -0.1) is 11.8 Å². The molecule has 0 aliphatic rings. The van der Waals surface area contributed by atoms with E-state index in [1.165, 1.54) is 10.3 Å². The van der Waals surface area contributed by atoms with Gasteiger partial charge in [-0.25, -0.2) is 0 Å². The van der Waals surface area contributed by atoms with Crippen LogP contribution in [0.2, 0.25) is 19.6 Å². The molecule has 0 N–H and O–H groups in total. The van der Waals surface area contributed by atoms with Gasteiger partial charge >= 0.3 is 0 Å². The summed E-state index contributed by atoms with van der Waals surface area (Å²) in [7, 11) is -0.877. The molecule has 1 aromatic rings. The van der Waals surface area contributed by atoms with Crippen molar-refractivity contribution in [1.82, 2.24) is 0 Å². The van der Waals surface area contributed by atoms with Gasteiger partial charge in [-0.2, -0.15) is 0 Å². The maximum absolute atomic E-state index is 2.41. The van der Waals surface area contributed by atoms with Crippen LogP contribution in [0.1, 0.15) is 0 Å². The molecule has 2 heteroatoms. The quantitative estimate of drug-likeness (QED) is 0.405. The van der Waals surface area contributed by atoms with Gasteiger partial charge in [0.05, 0.1) is 8.07 Å². The molecule has 0 nitrogen and oxygen atoms in total. The molecule has 0 aromatic heterocycles. The Morgan fingerprint density at radius 1 is 1.08 bits per heavy atom. The van der Waals surface area contributed by atoms with Gasteiger partial charge in [0.2, 0.25) is 0 Å². The molecule has 0 spiro atoms. The molecular weight excluding hydrogens is 181 g/mol. The van der Waals surface area contributed by atoms with Crippen molar-refractivity contribution in [2.75, 3.05) is 5.38 Å². The molecule has 0 heterocycles. The molecule has 1 rings (SSSR count). The van der Waals surface area contributed by atoms with E-state index in [-0.39, 0.29) is 0 Å². The highest BCUT2D eigenvalue weighted by Crippen LogP contribution is 2.20. The summed E-state index contributed by atoms with van der Waals surface area (Å²) in [5, 5.41) is 1.32. The molecule has 0 fully saturated rings. The lowest BCUT2D eigenvalue weighted by Crippen LogP contribution is -2.23. The first-order valence-electron chi connectivity index (χ1n) is 4.26. The fourth-order valence-electron chi connectivity index (χ4n) is 0.817. The lowest BCUT2D eigenvalue weighted by Gasteiger charge is -2.14. The van der Waals surface area contributed by atoms with Crippen molar-refractivity contribution in [3.63, 3.8) is 0 Å². The lowest BCUT2D eigenvalue weighted by molar-refractivity contribution is 1.46. The Labute approximate surface area is 80.4 Å². The zero-order valence-corrected chi connectivity index (χ0v) is 9.82. The Hall–Kier alpha value is -0.213. The second-order valence-electron chi connectivity index (χ2n) is 4.16. The zero-order valence-electron chi connectivity index (χ0n) is 8.00. The summed E-state index contributed by atoms with van der Waals surface area (Å²) in [6, 6.07) is 10.6. The molecule has 0 bridgehead atoms. The van der Waals surface area contributed by atoms with Gasteiger partial charge in [0.15, 0.2) is 0 Å². The highest BCUT2D eigenvalue weighted by molar-refractivity contribution is 8.01. The minimum absolute atomic E-state index is 0.877. The molecule has 0 saturated carbocycles. The smallest absolute Gasteiger partial charge is 0.0552 e. The van der Waals surface area contributed by atoms with Crippen molar-refractivity contribution >= 4 is 19.8 Å². The molecule has 0 unspecified atom stereocenters. The summed E-state index contributed by atoms with van der Waals surface area (Å²) >= 11 is 1.99. The maximum atomic E-state index is 2.41. The molecule has 66 valence electrons. The van der Waals surface area contributed by atoms with Crippen molar-refractivity contribution in [3.8, 4) is 0 Å². The van der Waals surface area contributed by atoms with E-state index in [1.807, 2.05) is 11.8 Å². The van der Waals surface area contributed by atoms with Crippen LogP contribution >= 0.6 is 11.8 Å². The fraction of sp³-hybridized carbons (Fsp3) is 0.400. The van der Waals surface area contributed by atoms with Crippen LogP contribution < -0.4 is 0 Å². The molecule has 0 amide bonds. The van der Waals surface area contributed by atoms with E-state index in [1.54, 1.807) is 0 Å². The van der Waals surface area contributed by atoms with E-state index in [0.29, 0.717) is 0 Å². The first-order valence-corrected chi connectivity index (χ1v) is 8.95. The Bertz CT molecular complexity index is 225. The van der Waals surface area contributed by atoms with Crippen LogP contribution in [0.15, 0.2) is 35.2 Å². The molecule has 12 heavy (non-hydrogen) atoms. The topological polar surface area (TPSA) is 0 Å². The van der Waals surface area contributed by atoms with Gasteiger partial charge in [-0.3, -0.25) is 0 Å². The monoisotopic (exact) mass is 197 g/mol. The largest absolute Gasteiger partial charge is 0.129 e. The number of thioether (sulfide) groups is 1. The SMILES string of the molecule is C[Si](C)(C)[13CH2]Sc1ccccc1. The molecule has 0 saturated heterocycles. The molecular formula is C10H16SSi. The van der Waals surface area contributed by atoms with E-state index in [0.717, 1.165) is 0 Å². The standard InChI is InChI=1S/C10H16SSi/c1-12(2,3)9-11-10-7-5-4-6-8-10/h4-8H,9H2,1-3H3/i9+1. The molecule has 0 aliphatic heterocycles. The molecule has 0 atom stereocenters. The predicted octanol–water partition coefficient (Wildman–Crippen LogP) is 3.66. The van der Waals surface area contributed by atoms with E-state index in [4.69, 9.17) is 0 Å². The Morgan fingerprint density at radius 2 is 1.67 bits per heavy atom. The molecule has 0 aliphatic carbocycles.